The molecule has 0 aliphatic heterocycles. The van der Waals surface area contributed by atoms with E-state index in [2.05, 4.69) is 6.58 Å². The van der Waals surface area contributed by atoms with E-state index in [0.717, 1.165) is 0 Å². The maximum absolute atomic E-state index is 10.3. The van der Waals surface area contributed by atoms with Gasteiger partial charge in [-0.1, -0.05) is 43.0 Å². The van der Waals surface area contributed by atoms with Crippen LogP contribution < -0.4 is 0 Å². The van der Waals surface area contributed by atoms with Crippen LogP contribution >= 0.6 is 0 Å². The molecule has 14 heavy (non-hydrogen) atoms. The van der Waals surface area contributed by atoms with Gasteiger partial charge in [-0.25, -0.2) is 0 Å². The summed E-state index contributed by atoms with van der Waals surface area (Å²) in [5.41, 5.74) is 1.17. The predicted molar refractivity (Wildman–Crippen MR) is 48.0 cm³/mol. The van der Waals surface area contributed by atoms with E-state index in [9.17, 15) is 17.6 Å². The normalized spacial score (nSPS) is 8.29. The molecular weight excluding hydrogens is 196 g/mol. The van der Waals surface area contributed by atoms with Crippen molar-refractivity contribution in [3.63, 3.8) is 0 Å². The van der Waals surface area contributed by atoms with E-state index in [4.69, 9.17) is 0 Å². The summed E-state index contributed by atoms with van der Waals surface area (Å²) in [4.78, 5) is 0. The molecule has 0 saturated carbocycles. The van der Waals surface area contributed by atoms with Gasteiger partial charge in [-0.2, -0.15) is 17.6 Å². The van der Waals surface area contributed by atoms with Crippen molar-refractivity contribution in [2.24, 2.45) is 0 Å². The second-order valence-electron chi connectivity index (χ2n) is 2.14. The first-order valence-corrected chi connectivity index (χ1v) is 3.61. The molecule has 0 N–H and O–H groups in total. The van der Waals surface area contributed by atoms with E-state index in [1.165, 1.54) is 5.56 Å². The van der Waals surface area contributed by atoms with Crippen molar-refractivity contribution in [1.29, 1.82) is 0 Å². The van der Waals surface area contributed by atoms with Gasteiger partial charge >= 0.3 is 12.2 Å². The molecule has 0 heterocycles. The Balaban J connectivity index is 0.000000255. The standard InChI is InChI=1S/C8H8.C2F4/c1-2-8-6-4-3-5-7-8;3-1(4)2(5)6/h2-7H,1H2;. The molecule has 0 radical (unpaired) electrons. The van der Waals surface area contributed by atoms with Crippen molar-refractivity contribution < 1.29 is 17.6 Å². The number of benzene rings is 1. The molecule has 1 rings (SSSR count). The highest BCUT2D eigenvalue weighted by Gasteiger charge is 1.98. The van der Waals surface area contributed by atoms with Gasteiger partial charge in [-0.15, -0.1) is 0 Å². The van der Waals surface area contributed by atoms with Gasteiger partial charge in [0.15, 0.2) is 0 Å². The molecule has 0 spiro atoms. The summed E-state index contributed by atoms with van der Waals surface area (Å²) >= 11 is 0. The van der Waals surface area contributed by atoms with Crippen molar-refractivity contribution in [2.75, 3.05) is 0 Å². The Labute approximate surface area is 79.2 Å². The summed E-state index contributed by atoms with van der Waals surface area (Å²) < 4.78 is 41.1. The van der Waals surface area contributed by atoms with Gasteiger partial charge < -0.3 is 0 Å². The van der Waals surface area contributed by atoms with Crippen LogP contribution in [-0.2, 0) is 0 Å². The smallest absolute Gasteiger partial charge is 0.167 e. The van der Waals surface area contributed by atoms with Crippen LogP contribution in [0.5, 0.6) is 0 Å². The molecule has 0 unspecified atom stereocenters. The lowest BCUT2D eigenvalue weighted by atomic mass is 10.2. The number of hydrogen-bond acceptors (Lipinski definition) is 0. The molecule has 1 aromatic rings. The Morgan fingerprint density at radius 3 is 1.57 bits per heavy atom. The summed E-state index contributed by atoms with van der Waals surface area (Å²) in [6.45, 7) is 3.63. The topological polar surface area (TPSA) is 0 Å². The first kappa shape index (κ1) is 12.4. The molecule has 0 fully saturated rings. The van der Waals surface area contributed by atoms with Crippen LogP contribution in [0.25, 0.3) is 6.08 Å². The predicted octanol–water partition coefficient (Wildman–Crippen LogP) is 4.32. The molecule has 0 bridgehead atoms. The maximum atomic E-state index is 10.3. The SMILES string of the molecule is C=Cc1ccccc1.FC(F)=C(F)F. The second-order valence-corrected chi connectivity index (χ2v) is 2.14. The van der Waals surface area contributed by atoms with Crippen LogP contribution in [0, 0.1) is 0 Å². The molecule has 0 aliphatic rings. The van der Waals surface area contributed by atoms with Gasteiger partial charge in [0.25, 0.3) is 0 Å². The first-order chi connectivity index (χ1) is 6.57. The molecular formula is C10H8F4. The van der Waals surface area contributed by atoms with E-state index in [-0.39, 0.29) is 0 Å². The zero-order valence-electron chi connectivity index (χ0n) is 7.18. The van der Waals surface area contributed by atoms with E-state index in [1.54, 1.807) is 0 Å². The van der Waals surface area contributed by atoms with Crippen LogP contribution in [0.4, 0.5) is 17.6 Å². The Bertz CT molecular complexity index is 285. The van der Waals surface area contributed by atoms with Crippen molar-refractivity contribution >= 4 is 6.08 Å². The third kappa shape index (κ3) is 5.99. The van der Waals surface area contributed by atoms with E-state index in [1.807, 2.05) is 36.4 Å². The minimum atomic E-state index is -2.91. The Hall–Kier alpha value is -1.58. The Kier molecular flexibility index (Phi) is 6.11. The number of hydrogen-bond donors (Lipinski definition) is 0. The fourth-order valence-corrected chi connectivity index (χ4v) is 0.589. The minimum absolute atomic E-state index is 1.17. The summed E-state index contributed by atoms with van der Waals surface area (Å²) in [6, 6.07) is 10.0. The van der Waals surface area contributed by atoms with Crippen molar-refractivity contribution in [3.8, 4) is 0 Å². The average Bonchev–Trinajstić information content (AvgIpc) is 2.20. The van der Waals surface area contributed by atoms with Crippen molar-refractivity contribution in [2.45, 2.75) is 0 Å². The van der Waals surface area contributed by atoms with Crippen LogP contribution in [0.3, 0.4) is 0 Å². The van der Waals surface area contributed by atoms with Crippen molar-refractivity contribution in [1.82, 2.24) is 0 Å². The lowest BCUT2D eigenvalue weighted by molar-refractivity contribution is 0.308. The molecule has 0 atom stereocenters. The average molecular weight is 204 g/mol. The van der Waals surface area contributed by atoms with E-state index >= 15 is 0 Å². The molecule has 0 saturated heterocycles. The largest absolute Gasteiger partial charge is 0.334 e. The van der Waals surface area contributed by atoms with Crippen molar-refractivity contribution in [3.05, 3.63) is 54.6 Å². The zero-order chi connectivity index (χ0) is 11.0. The maximum Gasteiger partial charge on any atom is 0.334 e. The summed E-state index contributed by atoms with van der Waals surface area (Å²) in [5, 5.41) is 0. The fourth-order valence-electron chi connectivity index (χ4n) is 0.589. The fraction of sp³-hybridized carbons (Fsp3) is 0. The monoisotopic (exact) mass is 204 g/mol. The van der Waals surface area contributed by atoms with E-state index in [0.29, 0.717) is 0 Å². The molecule has 4 heteroatoms. The van der Waals surface area contributed by atoms with Crippen LogP contribution in [-0.4, -0.2) is 0 Å². The molecule has 76 valence electrons. The highest BCUT2D eigenvalue weighted by Crippen LogP contribution is 2.08. The third-order valence-electron chi connectivity index (χ3n) is 1.18. The van der Waals surface area contributed by atoms with Gasteiger partial charge in [-0.3, -0.25) is 0 Å². The van der Waals surface area contributed by atoms with Gasteiger partial charge in [0.05, 0.1) is 0 Å². The molecule has 0 amide bonds. The van der Waals surface area contributed by atoms with Gasteiger partial charge in [0.1, 0.15) is 0 Å². The van der Waals surface area contributed by atoms with E-state index < -0.39 is 12.2 Å². The molecule has 1 aromatic carbocycles. The van der Waals surface area contributed by atoms with Crippen LogP contribution in [0.1, 0.15) is 5.56 Å². The quantitative estimate of drug-likeness (QED) is 0.597. The van der Waals surface area contributed by atoms with Gasteiger partial charge in [0, 0.05) is 0 Å². The second kappa shape index (κ2) is 6.88. The lowest BCUT2D eigenvalue weighted by Crippen LogP contribution is -1.63. The van der Waals surface area contributed by atoms with Gasteiger partial charge in [-0.05, 0) is 5.56 Å². The number of rotatable bonds is 1. The summed E-state index contributed by atoms with van der Waals surface area (Å²) in [7, 11) is 0. The highest BCUT2D eigenvalue weighted by molar-refractivity contribution is 5.45. The summed E-state index contributed by atoms with van der Waals surface area (Å²) in [6.07, 6.45) is -3.98. The first-order valence-electron chi connectivity index (χ1n) is 3.61. The molecule has 0 aromatic heterocycles. The Morgan fingerprint density at radius 1 is 0.929 bits per heavy atom. The number of halogens is 4. The lowest BCUT2D eigenvalue weighted by Gasteiger charge is -1.85. The summed E-state index contributed by atoms with van der Waals surface area (Å²) in [5.74, 6) is 0. The van der Waals surface area contributed by atoms with Crippen LogP contribution in [0.15, 0.2) is 49.1 Å². The van der Waals surface area contributed by atoms with Crippen LogP contribution in [0.2, 0.25) is 0 Å². The van der Waals surface area contributed by atoms with Gasteiger partial charge in [0.2, 0.25) is 0 Å². The zero-order valence-corrected chi connectivity index (χ0v) is 7.18. The molecule has 0 aliphatic carbocycles. The Morgan fingerprint density at radius 2 is 1.36 bits per heavy atom. The highest BCUT2D eigenvalue weighted by atomic mass is 19.3. The molecule has 0 nitrogen and oxygen atoms in total. The minimum Gasteiger partial charge on any atom is -0.167 e. The third-order valence-corrected chi connectivity index (χ3v) is 1.18.